The molecule has 2 atom stereocenters. The predicted octanol–water partition coefficient (Wildman–Crippen LogP) is 2.16. The van der Waals surface area contributed by atoms with Gasteiger partial charge in [-0.1, -0.05) is 19.8 Å². The molecule has 0 saturated heterocycles. The molecule has 9 heteroatoms. The minimum atomic E-state index is -4.02. The third kappa shape index (κ3) is 4.68. The molecule has 2 rings (SSSR count). The summed E-state index contributed by atoms with van der Waals surface area (Å²) in [6, 6.07) is 3.66. The lowest BCUT2D eigenvalue weighted by Gasteiger charge is -2.45. The molecule has 8 nitrogen and oxygen atoms in total. The standard InChI is InChI=1S/C16H26N4O4S/c1-12-5-4-6-16(10-12,19(2)3)11-18-13-7-14(20(21)22)9-15(8-13)25(17,23)24/h7-9,12,18H,4-6,10-11H2,1-3H3,(H2,17,23,24). The van der Waals surface area contributed by atoms with Gasteiger partial charge in [0.15, 0.2) is 0 Å². The maximum absolute atomic E-state index is 11.6. The van der Waals surface area contributed by atoms with Crippen molar-refractivity contribution in [1.29, 1.82) is 0 Å². The number of nitro benzene ring substituents is 1. The third-order valence-corrected chi connectivity index (χ3v) is 5.96. The summed E-state index contributed by atoms with van der Waals surface area (Å²) in [5.41, 5.74) is 0.0203. The van der Waals surface area contributed by atoms with Gasteiger partial charge in [0, 0.05) is 29.9 Å². The van der Waals surface area contributed by atoms with Gasteiger partial charge in [-0.3, -0.25) is 10.1 Å². The molecular formula is C16H26N4O4S. The Morgan fingerprint density at radius 1 is 1.40 bits per heavy atom. The maximum atomic E-state index is 11.6. The minimum absolute atomic E-state index is 0.0654. The quantitative estimate of drug-likeness (QED) is 0.585. The molecule has 1 aromatic carbocycles. The summed E-state index contributed by atoms with van der Waals surface area (Å²) in [5.74, 6) is 0.600. The van der Waals surface area contributed by atoms with Gasteiger partial charge in [-0.05, 0) is 38.9 Å². The number of nitrogens with zero attached hydrogens (tertiary/aromatic N) is 2. The summed E-state index contributed by atoms with van der Waals surface area (Å²) >= 11 is 0. The van der Waals surface area contributed by atoms with E-state index in [0.29, 0.717) is 18.2 Å². The molecule has 1 aliphatic carbocycles. The Labute approximate surface area is 148 Å². The molecule has 2 unspecified atom stereocenters. The molecule has 1 saturated carbocycles. The van der Waals surface area contributed by atoms with E-state index in [1.165, 1.54) is 18.6 Å². The van der Waals surface area contributed by atoms with E-state index in [9.17, 15) is 18.5 Å². The number of anilines is 1. The van der Waals surface area contributed by atoms with Crippen LogP contribution in [0.4, 0.5) is 11.4 Å². The van der Waals surface area contributed by atoms with Crippen LogP contribution in [0.1, 0.15) is 32.6 Å². The molecule has 0 aliphatic heterocycles. The van der Waals surface area contributed by atoms with Gasteiger partial charge in [0.1, 0.15) is 0 Å². The third-order valence-electron chi connectivity index (χ3n) is 5.07. The molecular weight excluding hydrogens is 344 g/mol. The van der Waals surface area contributed by atoms with Crippen LogP contribution in [-0.2, 0) is 10.0 Å². The van der Waals surface area contributed by atoms with Crippen LogP contribution in [0.15, 0.2) is 23.1 Å². The van der Waals surface area contributed by atoms with Crippen molar-refractivity contribution in [3.63, 3.8) is 0 Å². The lowest BCUT2D eigenvalue weighted by atomic mass is 9.75. The fraction of sp³-hybridized carbons (Fsp3) is 0.625. The van der Waals surface area contributed by atoms with Crippen molar-refractivity contribution in [3.05, 3.63) is 28.3 Å². The Kier molecular flexibility index (Phi) is 5.70. The lowest BCUT2D eigenvalue weighted by molar-refractivity contribution is -0.385. The van der Waals surface area contributed by atoms with Gasteiger partial charge < -0.3 is 10.2 Å². The topological polar surface area (TPSA) is 119 Å². The van der Waals surface area contributed by atoms with E-state index in [1.54, 1.807) is 0 Å². The van der Waals surface area contributed by atoms with Crippen LogP contribution in [-0.4, -0.2) is 44.4 Å². The molecule has 0 bridgehead atoms. The van der Waals surface area contributed by atoms with Crippen molar-refractivity contribution >= 4 is 21.4 Å². The second kappa shape index (κ2) is 7.27. The normalized spacial score (nSPS) is 24.3. The average molecular weight is 370 g/mol. The number of hydrogen-bond donors (Lipinski definition) is 2. The van der Waals surface area contributed by atoms with Gasteiger partial charge in [-0.2, -0.15) is 0 Å². The van der Waals surface area contributed by atoms with E-state index in [0.717, 1.165) is 25.3 Å². The van der Waals surface area contributed by atoms with Gasteiger partial charge >= 0.3 is 0 Å². The number of primary sulfonamides is 1. The van der Waals surface area contributed by atoms with Crippen molar-refractivity contribution in [2.24, 2.45) is 11.1 Å². The number of nitro groups is 1. The number of hydrogen-bond acceptors (Lipinski definition) is 6. The lowest BCUT2D eigenvalue weighted by Crippen LogP contribution is -2.52. The highest BCUT2D eigenvalue weighted by Gasteiger charge is 2.36. The van der Waals surface area contributed by atoms with Crippen LogP contribution < -0.4 is 10.5 Å². The van der Waals surface area contributed by atoms with Crippen molar-refractivity contribution in [3.8, 4) is 0 Å². The first-order chi connectivity index (χ1) is 11.5. The molecule has 1 aliphatic rings. The second-order valence-electron chi connectivity index (χ2n) is 7.19. The maximum Gasteiger partial charge on any atom is 0.272 e. The summed E-state index contributed by atoms with van der Waals surface area (Å²) in [5, 5.41) is 19.4. The first kappa shape index (κ1) is 19.6. The molecule has 0 spiro atoms. The molecule has 0 amide bonds. The molecule has 0 radical (unpaired) electrons. The minimum Gasteiger partial charge on any atom is -0.383 e. The van der Waals surface area contributed by atoms with Gasteiger partial charge in [0.25, 0.3) is 5.69 Å². The van der Waals surface area contributed by atoms with Gasteiger partial charge in [0.2, 0.25) is 10.0 Å². The number of nitrogens with one attached hydrogen (secondary N) is 1. The van der Waals surface area contributed by atoms with E-state index in [-0.39, 0.29) is 16.1 Å². The molecule has 1 aromatic rings. The van der Waals surface area contributed by atoms with Gasteiger partial charge in [-0.25, -0.2) is 13.6 Å². The number of likely N-dealkylation sites (N-methyl/N-ethyl adjacent to an activating group) is 1. The first-order valence-corrected chi connectivity index (χ1v) is 9.82. The van der Waals surface area contributed by atoms with Crippen molar-refractivity contribution < 1.29 is 13.3 Å². The largest absolute Gasteiger partial charge is 0.383 e. The van der Waals surface area contributed by atoms with Crippen LogP contribution in [0.25, 0.3) is 0 Å². The molecule has 25 heavy (non-hydrogen) atoms. The van der Waals surface area contributed by atoms with E-state index in [1.807, 2.05) is 14.1 Å². The number of non-ortho nitro benzene ring substituents is 1. The molecule has 140 valence electrons. The van der Waals surface area contributed by atoms with Crippen LogP contribution in [0.3, 0.4) is 0 Å². The zero-order chi connectivity index (χ0) is 18.8. The monoisotopic (exact) mass is 370 g/mol. The molecule has 0 aromatic heterocycles. The van der Waals surface area contributed by atoms with E-state index in [4.69, 9.17) is 5.14 Å². The highest BCUT2D eigenvalue weighted by molar-refractivity contribution is 7.89. The predicted molar refractivity (Wildman–Crippen MR) is 97.0 cm³/mol. The summed E-state index contributed by atoms with van der Waals surface area (Å²) in [7, 11) is 0.0417. The molecule has 0 heterocycles. The number of nitrogens with two attached hydrogens (primary N) is 1. The Bertz CT molecular complexity index is 751. The van der Waals surface area contributed by atoms with Crippen LogP contribution >= 0.6 is 0 Å². The Morgan fingerprint density at radius 2 is 2.08 bits per heavy atom. The van der Waals surface area contributed by atoms with Crippen LogP contribution in [0, 0.1) is 16.0 Å². The summed E-state index contributed by atoms with van der Waals surface area (Å²) in [6.07, 6.45) is 4.36. The Hall–Kier alpha value is -1.71. The summed E-state index contributed by atoms with van der Waals surface area (Å²) < 4.78 is 23.2. The Morgan fingerprint density at radius 3 is 2.60 bits per heavy atom. The number of rotatable bonds is 6. The van der Waals surface area contributed by atoms with Gasteiger partial charge in [-0.15, -0.1) is 0 Å². The van der Waals surface area contributed by atoms with Crippen LogP contribution in [0.5, 0.6) is 0 Å². The first-order valence-electron chi connectivity index (χ1n) is 8.27. The van der Waals surface area contributed by atoms with Crippen LogP contribution in [0.2, 0.25) is 0 Å². The number of benzene rings is 1. The van der Waals surface area contributed by atoms with Gasteiger partial charge in [0.05, 0.1) is 9.82 Å². The fourth-order valence-electron chi connectivity index (χ4n) is 3.58. The number of sulfonamides is 1. The van der Waals surface area contributed by atoms with Crippen molar-refractivity contribution in [2.75, 3.05) is 26.0 Å². The Balaban J connectivity index is 2.29. The fourth-order valence-corrected chi connectivity index (χ4v) is 4.16. The highest BCUT2D eigenvalue weighted by atomic mass is 32.2. The van der Waals surface area contributed by atoms with Crippen molar-refractivity contribution in [2.45, 2.75) is 43.0 Å². The second-order valence-corrected chi connectivity index (χ2v) is 8.75. The zero-order valence-corrected chi connectivity index (χ0v) is 15.7. The highest BCUT2D eigenvalue weighted by Crippen LogP contribution is 2.36. The smallest absolute Gasteiger partial charge is 0.272 e. The SMILES string of the molecule is CC1CCCC(CNc2cc([N+](=O)[O-])cc(S(N)(=O)=O)c2)(N(C)C)C1. The molecule has 1 fully saturated rings. The van der Waals surface area contributed by atoms with E-state index >= 15 is 0 Å². The molecule has 3 N–H and O–H groups in total. The van der Waals surface area contributed by atoms with Crippen molar-refractivity contribution in [1.82, 2.24) is 4.90 Å². The summed E-state index contributed by atoms with van der Waals surface area (Å²) in [4.78, 5) is 12.4. The van der Waals surface area contributed by atoms with E-state index in [2.05, 4.69) is 17.1 Å². The summed E-state index contributed by atoms with van der Waals surface area (Å²) in [6.45, 7) is 2.80. The zero-order valence-electron chi connectivity index (χ0n) is 14.9. The average Bonchev–Trinajstić information content (AvgIpc) is 2.51. The van der Waals surface area contributed by atoms with E-state index < -0.39 is 14.9 Å².